The Morgan fingerprint density at radius 2 is 1.94 bits per heavy atom. The van der Waals surface area contributed by atoms with E-state index in [2.05, 4.69) is 14.7 Å². The largest absolute Gasteiger partial charge is 0.487 e. The second kappa shape index (κ2) is 8.67. The maximum absolute atomic E-state index is 13.1. The number of likely N-dealkylation sites (tertiary alicyclic amines) is 1. The van der Waals surface area contributed by atoms with Crippen LogP contribution >= 0.6 is 0 Å². The van der Waals surface area contributed by atoms with Crippen LogP contribution in [-0.2, 0) is 21.4 Å². The first-order valence-corrected chi connectivity index (χ1v) is 12.1. The topological polar surface area (TPSA) is 101 Å². The third-order valence-electron chi connectivity index (χ3n) is 5.65. The van der Waals surface area contributed by atoms with E-state index < -0.39 is 16.1 Å². The molecule has 2 aromatic carbocycles. The molecule has 1 aromatic heterocycles. The summed E-state index contributed by atoms with van der Waals surface area (Å²) in [5.41, 5.74) is 1.95. The van der Waals surface area contributed by atoms with Gasteiger partial charge in [-0.25, -0.2) is 0 Å². The number of pyridine rings is 1. The smallest absolute Gasteiger partial charge is 0.285 e. The van der Waals surface area contributed by atoms with Crippen LogP contribution in [0.5, 0.6) is 5.75 Å². The van der Waals surface area contributed by atoms with E-state index in [1.165, 1.54) is 0 Å². The van der Waals surface area contributed by atoms with Crippen LogP contribution in [0.4, 0.5) is 5.69 Å². The van der Waals surface area contributed by atoms with Gasteiger partial charge in [0.2, 0.25) is 5.91 Å². The van der Waals surface area contributed by atoms with Gasteiger partial charge in [0.15, 0.2) is 5.84 Å². The number of anilines is 1. The summed E-state index contributed by atoms with van der Waals surface area (Å²) in [4.78, 5) is 19.3. The van der Waals surface area contributed by atoms with Crippen molar-refractivity contribution < 1.29 is 17.9 Å². The average Bonchev–Trinajstić information content (AvgIpc) is 3.42. The monoisotopic (exact) mass is 462 g/mol. The van der Waals surface area contributed by atoms with Crippen LogP contribution in [-0.4, -0.2) is 42.6 Å². The van der Waals surface area contributed by atoms with Crippen LogP contribution in [0.2, 0.25) is 0 Å². The molecule has 1 atom stereocenters. The molecule has 0 radical (unpaired) electrons. The Bertz CT molecular complexity index is 1330. The summed E-state index contributed by atoms with van der Waals surface area (Å²) in [5, 5.41) is 2.94. The number of sulfonamides is 1. The highest BCUT2D eigenvalue weighted by molar-refractivity contribution is 7.90. The Morgan fingerprint density at radius 1 is 1.09 bits per heavy atom. The predicted octanol–water partition coefficient (Wildman–Crippen LogP) is 3.21. The summed E-state index contributed by atoms with van der Waals surface area (Å²) in [5.74, 6) is 0.747. The van der Waals surface area contributed by atoms with E-state index in [0.29, 0.717) is 42.4 Å². The number of rotatable bonds is 5. The number of carbonyl (C=O) groups is 1. The van der Waals surface area contributed by atoms with Crippen LogP contribution in [0, 0.1) is 0 Å². The number of nitrogens with one attached hydrogen (secondary N) is 1. The van der Waals surface area contributed by atoms with E-state index in [-0.39, 0.29) is 10.8 Å². The molecule has 33 heavy (non-hydrogen) atoms. The summed E-state index contributed by atoms with van der Waals surface area (Å²) in [6.45, 7) is 0.885. The highest BCUT2D eigenvalue weighted by Gasteiger charge is 2.39. The maximum Gasteiger partial charge on any atom is 0.285 e. The number of amides is 1. The van der Waals surface area contributed by atoms with Crippen LogP contribution in [0.15, 0.2) is 82.2 Å². The van der Waals surface area contributed by atoms with Crippen molar-refractivity contribution in [2.45, 2.75) is 30.4 Å². The van der Waals surface area contributed by atoms with Crippen molar-refractivity contribution in [3.8, 4) is 5.75 Å². The summed E-state index contributed by atoms with van der Waals surface area (Å²) in [7, 11) is -3.74. The van der Waals surface area contributed by atoms with Gasteiger partial charge in [0.25, 0.3) is 10.0 Å². The molecule has 3 aromatic rings. The van der Waals surface area contributed by atoms with E-state index in [0.717, 1.165) is 12.1 Å². The lowest BCUT2D eigenvalue weighted by Gasteiger charge is -2.25. The van der Waals surface area contributed by atoms with E-state index in [9.17, 15) is 13.2 Å². The third kappa shape index (κ3) is 4.31. The molecule has 8 nitrogen and oxygen atoms in total. The molecule has 0 saturated carbocycles. The zero-order chi connectivity index (χ0) is 22.8. The first-order valence-electron chi connectivity index (χ1n) is 10.7. The highest BCUT2D eigenvalue weighted by atomic mass is 32.2. The van der Waals surface area contributed by atoms with E-state index in [1.54, 1.807) is 53.6 Å². The van der Waals surface area contributed by atoms with Gasteiger partial charge in [0.1, 0.15) is 23.3 Å². The molecule has 0 aliphatic carbocycles. The summed E-state index contributed by atoms with van der Waals surface area (Å²) in [6, 6.07) is 19.0. The van der Waals surface area contributed by atoms with Gasteiger partial charge < -0.3 is 15.0 Å². The van der Waals surface area contributed by atoms with Gasteiger partial charge >= 0.3 is 0 Å². The second-order valence-corrected chi connectivity index (χ2v) is 9.44. The molecular formula is C24H22N4O4S. The number of ether oxygens (including phenoxy) is 1. The molecule has 1 N–H and O–H groups in total. The van der Waals surface area contributed by atoms with E-state index in [1.807, 2.05) is 24.3 Å². The Labute approximate surface area is 192 Å². The minimum absolute atomic E-state index is 0.184. The van der Waals surface area contributed by atoms with Crippen molar-refractivity contribution >= 4 is 27.5 Å². The maximum atomic E-state index is 13.1. The highest BCUT2D eigenvalue weighted by Crippen LogP contribution is 2.31. The van der Waals surface area contributed by atoms with Crippen molar-refractivity contribution in [1.82, 2.24) is 9.88 Å². The molecule has 2 aliphatic rings. The molecule has 1 fully saturated rings. The number of carbonyl (C=O) groups excluding carboxylic acids is 1. The van der Waals surface area contributed by atoms with Crippen molar-refractivity contribution in [3.63, 3.8) is 0 Å². The molecular weight excluding hydrogens is 440 g/mol. The predicted molar refractivity (Wildman–Crippen MR) is 124 cm³/mol. The standard InChI is InChI=1S/C24H22N4O4S/c29-24(26-17-8-5-9-19(15-17)32-16-18-7-3-4-13-25-18)21-11-6-14-28(21)23-20-10-1-2-12-22(20)33(30,31)27-23/h1-5,7-10,12-13,15,21H,6,11,14,16H2,(H,26,29)/t21-/m0/s1. The summed E-state index contributed by atoms with van der Waals surface area (Å²) in [6.07, 6.45) is 3.09. The number of aromatic nitrogens is 1. The van der Waals surface area contributed by atoms with E-state index >= 15 is 0 Å². The Morgan fingerprint density at radius 3 is 2.79 bits per heavy atom. The molecule has 2 aliphatic heterocycles. The van der Waals surface area contributed by atoms with Gasteiger partial charge in [-0.2, -0.15) is 8.42 Å². The number of benzene rings is 2. The lowest BCUT2D eigenvalue weighted by atomic mass is 10.1. The molecule has 0 bridgehead atoms. The molecule has 9 heteroatoms. The van der Waals surface area contributed by atoms with Gasteiger partial charge in [-0.1, -0.05) is 24.3 Å². The first kappa shape index (κ1) is 21.1. The van der Waals surface area contributed by atoms with Crippen LogP contribution in [0.25, 0.3) is 0 Å². The number of nitrogens with zero attached hydrogens (tertiary/aromatic N) is 3. The normalized spacial score (nSPS) is 18.5. The SMILES string of the molecule is O=C(Nc1cccc(OCc2ccccn2)c1)[C@@H]1CCCN1C1=NS(=O)(=O)c2ccccc21. The molecule has 3 heterocycles. The molecule has 0 spiro atoms. The van der Waals surface area contributed by atoms with Gasteiger partial charge in [0.05, 0.1) is 5.69 Å². The summed E-state index contributed by atoms with van der Waals surface area (Å²) >= 11 is 0. The number of amidine groups is 1. The van der Waals surface area contributed by atoms with Crippen molar-refractivity contribution in [3.05, 3.63) is 84.2 Å². The van der Waals surface area contributed by atoms with Crippen molar-refractivity contribution in [1.29, 1.82) is 0 Å². The number of hydrogen-bond donors (Lipinski definition) is 1. The van der Waals surface area contributed by atoms with Gasteiger partial charge in [-0.15, -0.1) is 4.40 Å². The fraction of sp³-hybridized carbons (Fsp3) is 0.208. The molecule has 5 rings (SSSR count). The Hall–Kier alpha value is -3.72. The summed E-state index contributed by atoms with van der Waals surface area (Å²) < 4.78 is 34.7. The fourth-order valence-corrected chi connectivity index (χ4v) is 5.34. The van der Waals surface area contributed by atoms with Crippen LogP contribution < -0.4 is 10.1 Å². The molecule has 0 unspecified atom stereocenters. The lowest BCUT2D eigenvalue weighted by molar-refractivity contribution is -0.119. The minimum Gasteiger partial charge on any atom is -0.487 e. The lowest BCUT2D eigenvalue weighted by Crippen LogP contribution is -2.43. The quantitative estimate of drug-likeness (QED) is 0.625. The van der Waals surface area contributed by atoms with Crippen molar-refractivity contribution in [2.75, 3.05) is 11.9 Å². The number of fused-ring (bicyclic) bond motifs is 1. The van der Waals surface area contributed by atoms with E-state index in [4.69, 9.17) is 4.74 Å². The second-order valence-electron chi connectivity index (χ2n) is 7.86. The van der Waals surface area contributed by atoms with Gasteiger partial charge in [-0.05, 0) is 49.2 Å². The van der Waals surface area contributed by atoms with Crippen LogP contribution in [0.1, 0.15) is 24.1 Å². The zero-order valence-electron chi connectivity index (χ0n) is 17.7. The molecule has 1 amide bonds. The minimum atomic E-state index is -3.74. The van der Waals surface area contributed by atoms with Crippen LogP contribution in [0.3, 0.4) is 0 Å². The Balaban J connectivity index is 1.30. The third-order valence-corrected chi connectivity index (χ3v) is 6.98. The van der Waals surface area contributed by atoms with Gasteiger partial charge in [-0.3, -0.25) is 9.78 Å². The van der Waals surface area contributed by atoms with Gasteiger partial charge in [0, 0.05) is 30.1 Å². The Kier molecular flexibility index (Phi) is 5.55. The first-order chi connectivity index (χ1) is 16.0. The molecule has 168 valence electrons. The fourth-order valence-electron chi connectivity index (χ4n) is 4.12. The van der Waals surface area contributed by atoms with Crippen molar-refractivity contribution in [2.24, 2.45) is 4.40 Å². The zero-order valence-corrected chi connectivity index (χ0v) is 18.5. The number of hydrogen-bond acceptors (Lipinski definition) is 6. The average molecular weight is 463 g/mol. The molecule has 1 saturated heterocycles.